The van der Waals surface area contributed by atoms with Crippen molar-refractivity contribution in [3.8, 4) is 6.07 Å². The first kappa shape index (κ1) is 18.2. The van der Waals surface area contributed by atoms with Gasteiger partial charge >= 0.3 is 0 Å². The van der Waals surface area contributed by atoms with Crippen LogP contribution < -0.4 is 10.6 Å². The number of nitrogens with one attached hydrogen (secondary N) is 2. The Balaban J connectivity index is 2.02. The fourth-order valence-corrected chi connectivity index (χ4v) is 2.21. The molecule has 0 aliphatic heterocycles. The smallest absolute Gasteiger partial charge is 0.255 e. The molecule has 2 aromatic carbocycles. The third kappa shape index (κ3) is 5.47. The van der Waals surface area contributed by atoms with Gasteiger partial charge in [-0.2, -0.15) is 5.26 Å². The van der Waals surface area contributed by atoms with E-state index in [9.17, 15) is 9.59 Å². The monoisotopic (exact) mass is 335 g/mol. The number of hydrogen-bond donors (Lipinski definition) is 2. The average Bonchev–Trinajstić information content (AvgIpc) is 2.62. The van der Waals surface area contributed by atoms with Gasteiger partial charge in [-0.25, -0.2) is 0 Å². The molecule has 0 unspecified atom stereocenters. The van der Waals surface area contributed by atoms with Gasteiger partial charge in [0.2, 0.25) is 0 Å². The number of nitriles is 1. The summed E-state index contributed by atoms with van der Waals surface area (Å²) in [5, 5.41) is 14.4. The summed E-state index contributed by atoms with van der Waals surface area (Å²) in [6, 6.07) is 15.2. The topological polar surface area (TPSA) is 82.0 Å². The van der Waals surface area contributed by atoms with E-state index in [0.717, 1.165) is 6.42 Å². The van der Waals surface area contributed by atoms with Crippen molar-refractivity contribution in [1.29, 1.82) is 5.26 Å². The van der Waals surface area contributed by atoms with E-state index >= 15 is 0 Å². The highest BCUT2D eigenvalue weighted by atomic mass is 16.2. The SMILES string of the molecule is CC(C)CCNC(=O)c1cccc(C(=O)Nc2ccc(C#N)cc2)c1. The zero-order valence-corrected chi connectivity index (χ0v) is 14.4. The zero-order valence-electron chi connectivity index (χ0n) is 14.4. The number of carbonyl (C=O) groups is 2. The second-order valence-corrected chi connectivity index (χ2v) is 6.16. The van der Waals surface area contributed by atoms with Crippen molar-refractivity contribution in [1.82, 2.24) is 5.32 Å². The number of anilines is 1. The molecule has 5 heteroatoms. The highest BCUT2D eigenvalue weighted by Crippen LogP contribution is 2.12. The minimum atomic E-state index is -0.304. The maximum atomic E-state index is 12.3. The Bertz CT molecular complexity index is 789. The molecule has 128 valence electrons. The van der Waals surface area contributed by atoms with Crippen molar-refractivity contribution in [2.24, 2.45) is 5.92 Å². The average molecular weight is 335 g/mol. The summed E-state index contributed by atoms with van der Waals surface area (Å²) < 4.78 is 0. The van der Waals surface area contributed by atoms with Gasteiger partial charge in [0, 0.05) is 23.4 Å². The molecule has 0 spiro atoms. The number of benzene rings is 2. The van der Waals surface area contributed by atoms with Crippen LogP contribution in [0.1, 0.15) is 46.5 Å². The van der Waals surface area contributed by atoms with Gasteiger partial charge in [-0.15, -0.1) is 0 Å². The summed E-state index contributed by atoms with van der Waals surface area (Å²) in [6.07, 6.45) is 0.907. The van der Waals surface area contributed by atoms with E-state index in [0.29, 0.717) is 34.8 Å². The van der Waals surface area contributed by atoms with Crippen molar-refractivity contribution in [3.05, 3.63) is 65.2 Å². The molecule has 2 amide bonds. The van der Waals surface area contributed by atoms with Crippen LogP contribution >= 0.6 is 0 Å². The third-order valence-corrected chi connectivity index (χ3v) is 3.67. The molecule has 0 saturated heterocycles. The van der Waals surface area contributed by atoms with Gasteiger partial charge in [0.1, 0.15) is 0 Å². The van der Waals surface area contributed by atoms with E-state index in [1.54, 1.807) is 48.5 Å². The van der Waals surface area contributed by atoms with Crippen LogP contribution in [-0.2, 0) is 0 Å². The molecule has 0 fully saturated rings. The van der Waals surface area contributed by atoms with Crippen LogP contribution in [0.2, 0.25) is 0 Å². The molecule has 0 aromatic heterocycles. The van der Waals surface area contributed by atoms with Crippen molar-refractivity contribution >= 4 is 17.5 Å². The summed E-state index contributed by atoms with van der Waals surface area (Å²) in [7, 11) is 0. The Kier molecular flexibility index (Phi) is 6.30. The van der Waals surface area contributed by atoms with Crippen molar-refractivity contribution < 1.29 is 9.59 Å². The van der Waals surface area contributed by atoms with E-state index in [2.05, 4.69) is 24.5 Å². The largest absolute Gasteiger partial charge is 0.352 e. The van der Waals surface area contributed by atoms with Gasteiger partial charge in [0.15, 0.2) is 0 Å². The second-order valence-electron chi connectivity index (χ2n) is 6.16. The lowest BCUT2D eigenvalue weighted by atomic mass is 10.1. The second kappa shape index (κ2) is 8.65. The van der Waals surface area contributed by atoms with Crippen LogP contribution in [0.5, 0.6) is 0 Å². The van der Waals surface area contributed by atoms with Gasteiger partial charge < -0.3 is 10.6 Å². The Morgan fingerprint density at radius 3 is 2.28 bits per heavy atom. The van der Waals surface area contributed by atoms with Gasteiger partial charge in [0.05, 0.1) is 11.6 Å². The maximum absolute atomic E-state index is 12.3. The summed E-state index contributed by atoms with van der Waals surface area (Å²) in [5.74, 6) is 0.0278. The number of hydrogen-bond acceptors (Lipinski definition) is 3. The minimum Gasteiger partial charge on any atom is -0.352 e. The minimum absolute atomic E-state index is 0.186. The standard InChI is InChI=1S/C20H21N3O2/c1-14(2)10-11-22-19(24)16-4-3-5-17(12-16)20(25)23-18-8-6-15(13-21)7-9-18/h3-9,12,14H,10-11H2,1-2H3,(H,22,24)(H,23,25). The molecular weight excluding hydrogens is 314 g/mol. The number of nitrogens with zero attached hydrogens (tertiary/aromatic N) is 1. The van der Waals surface area contributed by atoms with Crippen LogP contribution in [-0.4, -0.2) is 18.4 Å². The van der Waals surface area contributed by atoms with E-state index in [4.69, 9.17) is 5.26 Å². The van der Waals surface area contributed by atoms with E-state index in [-0.39, 0.29) is 11.8 Å². The molecular formula is C20H21N3O2. The summed E-state index contributed by atoms with van der Waals surface area (Å²) >= 11 is 0. The lowest BCUT2D eigenvalue weighted by molar-refractivity contribution is 0.0952. The molecule has 0 radical (unpaired) electrons. The Hall–Kier alpha value is -3.13. The first-order valence-corrected chi connectivity index (χ1v) is 8.19. The molecule has 2 aromatic rings. The predicted octanol–water partition coefficient (Wildman–Crippen LogP) is 3.59. The fourth-order valence-electron chi connectivity index (χ4n) is 2.21. The van der Waals surface area contributed by atoms with Crippen molar-refractivity contribution in [3.63, 3.8) is 0 Å². The molecule has 0 saturated carbocycles. The summed E-state index contributed by atoms with van der Waals surface area (Å²) in [6.45, 7) is 4.80. The Morgan fingerprint density at radius 2 is 1.68 bits per heavy atom. The number of amides is 2. The lowest BCUT2D eigenvalue weighted by Crippen LogP contribution is -2.25. The molecule has 0 heterocycles. The molecule has 5 nitrogen and oxygen atoms in total. The van der Waals surface area contributed by atoms with Crippen molar-refractivity contribution in [2.45, 2.75) is 20.3 Å². The molecule has 0 bridgehead atoms. The summed E-state index contributed by atoms with van der Waals surface area (Å²) in [4.78, 5) is 24.5. The Labute approximate surface area is 147 Å². The summed E-state index contributed by atoms with van der Waals surface area (Å²) in [5.41, 5.74) is 1.98. The Morgan fingerprint density at radius 1 is 1.04 bits per heavy atom. The molecule has 2 rings (SSSR count). The predicted molar refractivity (Wildman–Crippen MR) is 97.3 cm³/mol. The van der Waals surface area contributed by atoms with E-state index in [1.165, 1.54) is 0 Å². The van der Waals surface area contributed by atoms with Gasteiger partial charge in [-0.1, -0.05) is 19.9 Å². The highest BCUT2D eigenvalue weighted by Gasteiger charge is 2.11. The molecule has 0 aliphatic carbocycles. The molecule has 0 aliphatic rings. The van der Waals surface area contributed by atoms with Crippen LogP contribution in [0, 0.1) is 17.2 Å². The van der Waals surface area contributed by atoms with Gasteiger partial charge in [-0.3, -0.25) is 9.59 Å². The molecule has 0 atom stereocenters. The quantitative estimate of drug-likeness (QED) is 0.846. The van der Waals surface area contributed by atoms with Crippen molar-refractivity contribution in [2.75, 3.05) is 11.9 Å². The normalized spacial score (nSPS) is 10.2. The highest BCUT2D eigenvalue weighted by molar-refractivity contribution is 6.06. The van der Waals surface area contributed by atoms with E-state index < -0.39 is 0 Å². The third-order valence-electron chi connectivity index (χ3n) is 3.67. The number of rotatable bonds is 6. The molecule has 2 N–H and O–H groups in total. The first-order chi connectivity index (χ1) is 12.0. The molecule has 25 heavy (non-hydrogen) atoms. The van der Waals surface area contributed by atoms with Crippen LogP contribution in [0.3, 0.4) is 0 Å². The first-order valence-electron chi connectivity index (χ1n) is 8.19. The number of carbonyl (C=O) groups excluding carboxylic acids is 2. The maximum Gasteiger partial charge on any atom is 0.255 e. The van der Waals surface area contributed by atoms with Crippen LogP contribution in [0.4, 0.5) is 5.69 Å². The van der Waals surface area contributed by atoms with Crippen LogP contribution in [0.25, 0.3) is 0 Å². The van der Waals surface area contributed by atoms with Gasteiger partial charge in [-0.05, 0) is 54.8 Å². The van der Waals surface area contributed by atoms with E-state index in [1.807, 2.05) is 6.07 Å². The fraction of sp³-hybridized carbons (Fsp3) is 0.250. The van der Waals surface area contributed by atoms with Gasteiger partial charge in [0.25, 0.3) is 11.8 Å². The zero-order chi connectivity index (χ0) is 18.2. The van der Waals surface area contributed by atoms with Crippen LogP contribution in [0.15, 0.2) is 48.5 Å². The lowest BCUT2D eigenvalue weighted by Gasteiger charge is -2.09.